The zero-order valence-electron chi connectivity index (χ0n) is 15.7. The number of benzene rings is 2. The van der Waals surface area contributed by atoms with Gasteiger partial charge in [-0.15, -0.1) is 0 Å². The van der Waals surface area contributed by atoms with Gasteiger partial charge in [0, 0.05) is 38.3 Å². The Morgan fingerprint density at radius 2 is 1.04 bits per heavy atom. The van der Waals surface area contributed by atoms with Gasteiger partial charge in [-0.25, -0.2) is 8.61 Å². The van der Waals surface area contributed by atoms with E-state index in [9.17, 15) is 0 Å². The van der Waals surface area contributed by atoms with Gasteiger partial charge in [0.25, 0.3) is 0 Å². The van der Waals surface area contributed by atoms with Gasteiger partial charge in [0.1, 0.15) is 0 Å². The van der Waals surface area contributed by atoms with E-state index in [0.29, 0.717) is 0 Å². The van der Waals surface area contributed by atoms with Gasteiger partial charge in [-0.1, -0.05) is 87.4 Å². The maximum absolute atomic E-state index is 2.53. The molecular weight excluding hydrogens is 324 g/mol. The van der Waals surface area contributed by atoms with Crippen molar-refractivity contribution in [1.29, 1.82) is 0 Å². The van der Waals surface area contributed by atoms with E-state index in [1.807, 2.05) is 12.1 Å². The Labute approximate surface area is 158 Å². The lowest BCUT2D eigenvalue weighted by molar-refractivity contribution is 0.391. The zero-order chi connectivity index (χ0) is 17.7. The molecule has 0 radical (unpaired) electrons. The van der Waals surface area contributed by atoms with Gasteiger partial charge in [0.05, 0.1) is 0 Å². The van der Waals surface area contributed by atoms with E-state index < -0.39 is 0 Å². The lowest BCUT2D eigenvalue weighted by Gasteiger charge is -2.29. The average molecular weight is 357 g/mol. The van der Waals surface area contributed by atoms with Crippen molar-refractivity contribution >= 4 is 12.1 Å². The molecule has 136 valence electrons. The summed E-state index contributed by atoms with van der Waals surface area (Å²) < 4.78 is 5.05. The fourth-order valence-corrected chi connectivity index (χ4v) is 3.87. The molecule has 0 unspecified atom stereocenters. The fraction of sp³-hybridized carbons (Fsp3) is 0.455. The van der Waals surface area contributed by atoms with Crippen LogP contribution in [0.4, 0.5) is 0 Å². The van der Waals surface area contributed by atoms with Gasteiger partial charge >= 0.3 is 0 Å². The molecule has 25 heavy (non-hydrogen) atoms. The second-order valence-electron chi connectivity index (χ2n) is 6.49. The minimum absolute atomic E-state index is 1.00. The molecule has 3 heteroatoms. The third-order valence-electron chi connectivity index (χ3n) is 4.16. The normalized spacial score (nSPS) is 11.4. The highest BCUT2D eigenvalue weighted by atomic mass is 32.2. The molecule has 0 N–H and O–H groups in total. The van der Waals surface area contributed by atoms with Gasteiger partial charge < -0.3 is 0 Å². The van der Waals surface area contributed by atoms with Crippen LogP contribution in [0.25, 0.3) is 0 Å². The minimum Gasteiger partial charge on any atom is -0.233 e. The SMILES string of the molecule is CCCCN(Cc1ccccc1)SN(CCCC)Cc1ccccc1. The van der Waals surface area contributed by atoms with Crippen LogP contribution in [-0.4, -0.2) is 21.7 Å². The third kappa shape index (κ3) is 8.08. The van der Waals surface area contributed by atoms with Crippen LogP contribution >= 0.6 is 12.1 Å². The first-order chi connectivity index (χ1) is 12.3. The van der Waals surface area contributed by atoms with E-state index in [2.05, 4.69) is 83.1 Å². The van der Waals surface area contributed by atoms with Crippen molar-refractivity contribution in [2.24, 2.45) is 0 Å². The maximum Gasteiger partial charge on any atom is 0.0352 e. The number of rotatable bonds is 12. The monoisotopic (exact) mass is 356 g/mol. The molecular formula is C22H32N2S. The van der Waals surface area contributed by atoms with E-state index in [1.165, 1.54) is 36.8 Å². The average Bonchev–Trinajstić information content (AvgIpc) is 2.66. The highest BCUT2D eigenvalue weighted by molar-refractivity contribution is 7.94. The second-order valence-corrected chi connectivity index (χ2v) is 7.68. The number of hydrogen-bond donors (Lipinski definition) is 0. The molecule has 0 aromatic heterocycles. The van der Waals surface area contributed by atoms with Crippen molar-refractivity contribution in [2.75, 3.05) is 13.1 Å². The predicted molar refractivity (Wildman–Crippen MR) is 111 cm³/mol. The Balaban J connectivity index is 2.01. The standard InChI is InChI=1S/C22H32N2S/c1-3-5-17-23(19-21-13-9-7-10-14-21)25-24(18-6-4-2)20-22-15-11-8-12-16-22/h7-16H,3-6,17-20H2,1-2H3. The Morgan fingerprint density at radius 1 is 0.640 bits per heavy atom. The molecule has 0 spiro atoms. The van der Waals surface area contributed by atoms with Crippen molar-refractivity contribution in [1.82, 2.24) is 8.61 Å². The molecule has 2 rings (SSSR count). The van der Waals surface area contributed by atoms with E-state index in [1.54, 1.807) is 0 Å². The van der Waals surface area contributed by atoms with Crippen molar-refractivity contribution in [3.05, 3.63) is 71.8 Å². The summed E-state index contributed by atoms with van der Waals surface area (Å²) in [6.45, 7) is 8.81. The third-order valence-corrected chi connectivity index (χ3v) is 5.24. The van der Waals surface area contributed by atoms with Crippen molar-refractivity contribution in [2.45, 2.75) is 52.6 Å². The van der Waals surface area contributed by atoms with Crippen molar-refractivity contribution in [3.63, 3.8) is 0 Å². The fourth-order valence-electron chi connectivity index (χ4n) is 2.70. The summed E-state index contributed by atoms with van der Waals surface area (Å²) in [5, 5.41) is 0. The first-order valence-corrected chi connectivity index (χ1v) is 10.3. The summed E-state index contributed by atoms with van der Waals surface area (Å²) >= 11 is 1.93. The van der Waals surface area contributed by atoms with E-state index >= 15 is 0 Å². The molecule has 0 atom stereocenters. The van der Waals surface area contributed by atoms with Crippen LogP contribution in [0.2, 0.25) is 0 Å². The van der Waals surface area contributed by atoms with Gasteiger partial charge in [-0.3, -0.25) is 0 Å². The molecule has 2 aromatic rings. The van der Waals surface area contributed by atoms with Crippen LogP contribution in [0.1, 0.15) is 50.7 Å². The molecule has 0 bridgehead atoms. The largest absolute Gasteiger partial charge is 0.233 e. The molecule has 0 aliphatic rings. The van der Waals surface area contributed by atoms with E-state index in [4.69, 9.17) is 0 Å². The van der Waals surface area contributed by atoms with E-state index in [0.717, 1.165) is 26.2 Å². The van der Waals surface area contributed by atoms with Gasteiger partial charge in [0.15, 0.2) is 0 Å². The molecule has 0 saturated heterocycles. The summed E-state index contributed by atoms with van der Waals surface area (Å²) in [6.07, 6.45) is 4.96. The number of unbranched alkanes of at least 4 members (excludes halogenated alkanes) is 2. The van der Waals surface area contributed by atoms with Gasteiger partial charge in [-0.05, 0) is 24.0 Å². The van der Waals surface area contributed by atoms with Crippen molar-refractivity contribution < 1.29 is 0 Å². The molecule has 2 aromatic carbocycles. The highest BCUT2D eigenvalue weighted by Gasteiger charge is 2.13. The van der Waals surface area contributed by atoms with Gasteiger partial charge in [-0.2, -0.15) is 0 Å². The predicted octanol–water partition coefficient (Wildman–Crippen LogP) is 6.15. The zero-order valence-corrected chi connectivity index (χ0v) is 16.5. The first-order valence-electron chi connectivity index (χ1n) is 9.57. The second kappa shape index (κ2) is 12.1. The maximum atomic E-state index is 2.53. The molecule has 0 saturated carbocycles. The molecule has 0 fully saturated rings. The number of hydrogen-bond acceptors (Lipinski definition) is 3. The number of nitrogens with zero attached hydrogens (tertiary/aromatic N) is 2. The highest BCUT2D eigenvalue weighted by Crippen LogP contribution is 2.23. The topological polar surface area (TPSA) is 6.48 Å². The first kappa shape index (κ1) is 20.0. The van der Waals surface area contributed by atoms with Crippen LogP contribution < -0.4 is 0 Å². The lowest BCUT2D eigenvalue weighted by Crippen LogP contribution is -2.26. The minimum atomic E-state index is 1.00. The Morgan fingerprint density at radius 3 is 1.40 bits per heavy atom. The molecule has 0 aliphatic carbocycles. The Kier molecular flexibility index (Phi) is 9.71. The summed E-state index contributed by atoms with van der Waals surface area (Å²) in [6, 6.07) is 21.6. The molecule has 2 nitrogen and oxygen atoms in total. The van der Waals surface area contributed by atoms with Crippen LogP contribution in [0.5, 0.6) is 0 Å². The summed E-state index contributed by atoms with van der Waals surface area (Å²) in [5.41, 5.74) is 2.78. The summed E-state index contributed by atoms with van der Waals surface area (Å²) in [7, 11) is 0. The van der Waals surface area contributed by atoms with Crippen LogP contribution in [0.15, 0.2) is 60.7 Å². The van der Waals surface area contributed by atoms with E-state index in [-0.39, 0.29) is 0 Å². The van der Waals surface area contributed by atoms with Crippen molar-refractivity contribution in [3.8, 4) is 0 Å². The summed E-state index contributed by atoms with van der Waals surface area (Å²) in [5.74, 6) is 0. The molecule has 0 amide bonds. The van der Waals surface area contributed by atoms with Crippen LogP contribution in [0, 0.1) is 0 Å². The molecule has 0 aliphatic heterocycles. The summed E-state index contributed by atoms with van der Waals surface area (Å²) in [4.78, 5) is 0. The smallest absolute Gasteiger partial charge is 0.0352 e. The van der Waals surface area contributed by atoms with Crippen LogP contribution in [-0.2, 0) is 13.1 Å². The molecule has 0 heterocycles. The Bertz CT molecular complexity index is 507. The lowest BCUT2D eigenvalue weighted by atomic mass is 10.2. The quantitative estimate of drug-likeness (QED) is 0.421. The Hall–Kier alpha value is -1.29. The van der Waals surface area contributed by atoms with Crippen LogP contribution in [0.3, 0.4) is 0 Å². The van der Waals surface area contributed by atoms with Gasteiger partial charge in [0.2, 0.25) is 0 Å².